The zero-order chi connectivity index (χ0) is 13.6. The smallest absolute Gasteiger partial charge is 0.335 e. The lowest BCUT2D eigenvalue weighted by Gasteiger charge is -2.21. The lowest BCUT2D eigenvalue weighted by Crippen LogP contribution is -2.18. The molecule has 1 aliphatic heterocycles. The molecule has 1 saturated heterocycles. The van der Waals surface area contributed by atoms with E-state index >= 15 is 0 Å². The first-order valence-electron chi connectivity index (χ1n) is 6.35. The van der Waals surface area contributed by atoms with Crippen LogP contribution >= 0.6 is 11.8 Å². The highest BCUT2D eigenvalue weighted by Crippen LogP contribution is 2.46. The molecule has 2 aromatic rings. The van der Waals surface area contributed by atoms with E-state index in [0.29, 0.717) is 5.56 Å². The number of aromatic nitrogens is 2. The number of nitrogens with zero attached hydrogens (tertiary/aromatic N) is 2. The normalized spacial score (nSPS) is 23.1. The van der Waals surface area contributed by atoms with Crippen LogP contribution < -0.4 is 0 Å². The number of hydrogen-bond acceptors (Lipinski definition) is 3. The van der Waals surface area contributed by atoms with Gasteiger partial charge in [0.1, 0.15) is 5.82 Å². The van der Waals surface area contributed by atoms with Gasteiger partial charge in [0.05, 0.1) is 21.3 Å². The summed E-state index contributed by atoms with van der Waals surface area (Å²) >= 11 is 1.94. The molecule has 0 radical (unpaired) electrons. The van der Waals surface area contributed by atoms with Crippen LogP contribution in [0, 0.1) is 0 Å². The van der Waals surface area contributed by atoms with Crippen LogP contribution in [0.2, 0.25) is 0 Å². The molecule has 100 valence electrons. The maximum atomic E-state index is 11.0. The molecule has 0 amide bonds. The number of imidazole rings is 1. The van der Waals surface area contributed by atoms with Crippen LogP contribution in [0.3, 0.4) is 0 Å². The topological polar surface area (TPSA) is 55.1 Å². The Bertz CT molecular complexity index is 657. The van der Waals surface area contributed by atoms with Crippen molar-refractivity contribution in [2.45, 2.75) is 24.5 Å². The van der Waals surface area contributed by atoms with Crippen LogP contribution in [0.15, 0.2) is 18.2 Å². The summed E-state index contributed by atoms with van der Waals surface area (Å²) in [6.45, 7) is 2.23. The number of carboxylic acids is 1. The number of fused-ring (bicyclic) bond motifs is 1. The van der Waals surface area contributed by atoms with Crippen LogP contribution in [0.5, 0.6) is 0 Å². The lowest BCUT2D eigenvalue weighted by molar-refractivity contribution is 0.0697. The fourth-order valence-electron chi connectivity index (χ4n) is 2.76. The molecule has 5 heteroatoms. The zero-order valence-electron chi connectivity index (χ0n) is 11.0. The molecule has 0 bridgehead atoms. The minimum atomic E-state index is -0.907. The van der Waals surface area contributed by atoms with Gasteiger partial charge in [-0.25, -0.2) is 9.78 Å². The maximum Gasteiger partial charge on any atom is 0.335 e. The van der Waals surface area contributed by atoms with Crippen molar-refractivity contribution >= 4 is 28.8 Å². The summed E-state index contributed by atoms with van der Waals surface area (Å²) < 4.78 is 2.15. The number of aromatic carboxylic acids is 1. The van der Waals surface area contributed by atoms with E-state index in [1.54, 1.807) is 12.1 Å². The van der Waals surface area contributed by atoms with Crippen LogP contribution in [0.25, 0.3) is 11.0 Å². The molecular weight excluding hydrogens is 260 g/mol. The molecule has 1 aromatic carbocycles. The first-order valence-corrected chi connectivity index (χ1v) is 7.34. The van der Waals surface area contributed by atoms with Crippen molar-refractivity contribution in [3.63, 3.8) is 0 Å². The highest BCUT2D eigenvalue weighted by atomic mass is 32.2. The van der Waals surface area contributed by atoms with E-state index in [0.717, 1.165) is 23.3 Å². The van der Waals surface area contributed by atoms with Gasteiger partial charge in [0.25, 0.3) is 0 Å². The monoisotopic (exact) mass is 276 g/mol. The number of rotatable bonds is 2. The molecule has 1 unspecified atom stereocenters. The Morgan fingerprint density at radius 1 is 1.53 bits per heavy atom. The largest absolute Gasteiger partial charge is 0.478 e. The summed E-state index contributed by atoms with van der Waals surface area (Å²) in [5, 5.41) is 9.04. The molecular formula is C14H16N2O2S. The van der Waals surface area contributed by atoms with Gasteiger partial charge in [-0.1, -0.05) is 0 Å². The van der Waals surface area contributed by atoms with Gasteiger partial charge in [-0.05, 0) is 43.7 Å². The van der Waals surface area contributed by atoms with Crippen LogP contribution in [-0.4, -0.2) is 26.4 Å². The Kier molecular flexibility index (Phi) is 2.82. The third kappa shape index (κ3) is 1.92. The Labute approximate surface area is 115 Å². The summed E-state index contributed by atoms with van der Waals surface area (Å²) in [6, 6.07) is 5.14. The number of benzene rings is 1. The van der Waals surface area contributed by atoms with Crippen molar-refractivity contribution in [3.8, 4) is 0 Å². The van der Waals surface area contributed by atoms with Gasteiger partial charge in [0.2, 0.25) is 0 Å². The Morgan fingerprint density at radius 2 is 2.32 bits per heavy atom. The maximum absolute atomic E-state index is 11.0. The lowest BCUT2D eigenvalue weighted by atomic mass is 10.1. The molecule has 1 atom stereocenters. The van der Waals surface area contributed by atoms with Gasteiger partial charge in [-0.15, -0.1) is 11.8 Å². The van der Waals surface area contributed by atoms with Crippen molar-refractivity contribution in [3.05, 3.63) is 29.6 Å². The third-order valence-electron chi connectivity index (χ3n) is 3.82. The molecule has 1 aromatic heterocycles. The second-order valence-corrected chi connectivity index (χ2v) is 6.78. The van der Waals surface area contributed by atoms with Gasteiger partial charge >= 0.3 is 5.97 Å². The van der Waals surface area contributed by atoms with Gasteiger partial charge in [0.15, 0.2) is 0 Å². The first-order chi connectivity index (χ1) is 9.01. The standard InChI is InChI=1S/C14H16N2O2S/c1-14(6-3-7-19-14)13-15-10-8-9(12(17)18)4-5-11(10)16(13)2/h4-5,8H,3,6-7H2,1-2H3,(H,17,18). The third-order valence-corrected chi connectivity index (χ3v) is 5.34. The molecule has 1 fully saturated rings. The highest BCUT2D eigenvalue weighted by molar-refractivity contribution is 8.00. The van der Waals surface area contributed by atoms with Crippen molar-refractivity contribution in [1.82, 2.24) is 9.55 Å². The van der Waals surface area contributed by atoms with Crippen molar-refractivity contribution < 1.29 is 9.90 Å². The van der Waals surface area contributed by atoms with Crippen molar-refractivity contribution in [1.29, 1.82) is 0 Å². The summed E-state index contributed by atoms with van der Waals surface area (Å²) in [6.07, 6.45) is 2.34. The quantitative estimate of drug-likeness (QED) is 0.916. The predicted octanol–water partition coefficient (Wildman–Crippen LogP) is 3.01. The van der Waals surface area contributed by atoms with Gasteiger partial charge < -0.3 is 9.67 Å². The Hall–Kier alpha value is -1.49. The molecule has 19 heavy (non-hydrogen) atoms. The minimum Gasteiger partial charge on any atom is -0.478 e. The van der Waals surface area contributed by atoms with Crippen LogP contribution in [0.4, 0.5) is 0 Å². The van der Waals surface area contributed by atoms with Gasteiger partial charge in [0, 0.05) is 7.05 Å². The van der Waals surface area contributed by atoms with E-state index in [4.69, 9.17) is 5.11 Å². The number of carbonyl (C=O) groups is 1. The second kappa shape index (κ2) is 4.27. The minimum absolute atomic E-state index is 0.0527. The fraction of sp³-hybridized carbons (Fsp3) is 0.429. The molecule has 0 spiro atoms. The average Bonchev–Trinajstić information content (AvgIpc) is 2.95. The molecule has 1 N–H and O–H groups in total. The predicted molar refractivity (Wildman–Crippen MR) is 76.7 cm³/mol. The van der Waals surface area contributed by atoms with E-state index < -0.39 is 5.97 Å². The summed E-state index contributed by atoms with van der Waals surface area (Å²) in [5.41, 5.74) is 2.06. The van der Waals surface area contributed by atoms with E-state index in [9.17, 15) is 4.79 Å². The Morgan fingerprint density at radius 3 is 2.95 bits per heavy atom. The number of aryl methyl sites for hydroxylation is 1. The van der Waals surface area contributed by atoms with E-state index in [-0.39, 0.29) is 4.75 Å². The van der Waals surface area contributed by atoms with Gasteiger partial charge in [-0.2, -0.15) is 0 Å². The van der Waals surface area contributed by atoms with E-state index in [1.165, 1.54) is 12.2 Å². The van der Waals surface area contributed by atoms with Crippen LogP contribution in [0.1, 0.15) is 35.9 Å². The first kappa shape index (κ1) is 12.5. The average molecular weight is 276 g/mol. The second-order valence-electron chi connectivity index (χ2n) is 5.19. The van der Waals surface area contributed by atoms with Crippen molar-refractivity contribution in [2.75, 3.05) is 5.75 Å². The van der Waals surface area contributed by atoms with Crippen LogP contribution in [-0.2, 0) is 11.8 Å². The SMILES string of the molecule is Cn1c(C2(C)CCCS2)nc2cc(C(=O)O)ccc21. The van der Waals surface area contributed by atoms with Crippen molar-refractivity contribution in [2.24, 2.45) is 7.05 Å². The fourth-order valence-corrected chi connectivity index (χ4v) is 4.10. The zero-order valence-corrected chi connectivity index (χ0v) is 11.8. The number of carboxylic acid groups (broad SMARTS) is 1. The van der Waals surface area contributed by atoms with E-state index in [1.807, 2.05) is 24.9 Å². The molecule has 2 heterocycles. The molecule has 1 aliphatic rings. The number of hydrogen-bond donors (Lipinski definition) is 1. The highest BCUT2D eigenvalue weighted by Gasteiger charge is 2.35. The summed E-state index contributed by atoms with van der Waals surface area (Å²) in [5.74, 6) is 1.31. The summed E-state index contributed by atoms with van der Waals surface area (Å²) in [7, 11) is 2.01. The Balaban J connectivity index is 2.17. The molecule has 0 aliphatic carbocycles. The molecule has 4 nitrogen and oxygen atoms in total. The van der Waals surface area contributed by atoms with E-state index in [2.05, 4.69) is 16.5 Å². The molecule has 0 saturated carbocycles. The number of thioether (sulfide) groups is 1. The van der Waals surface area contributed by atoms with Gasteiger partial charge in [-0.3, -0.25) is 0 Å². The summed E-state index contributed by atoms with van der Waals surface area (Å²) in [4.78, 5) is 15.7. The molecule has 3 rings (SSSR count).